The monoisotopic (exact) mass is 267 g/mol. The zero-order chi connectivity index (χ0) is 14.1. The fourth-order valence-electron chi connectivity index (χ4n) is 1.84. The number of hydrogen-bond donors (Lipinski definition) is 1. The lowest BCUT2D eigenvalue weighted by Gasteiger charge is -2.23. The molecule has 5 heteroatoms. The van der Waals surface area contributed by atoms with Gasteiger partial charge in [0.1, 0.15) is 5.82 Å². The Morgan fingerprint density at radius 2 is 1.84 bits per heavy atom. The van der Waals surface area contributed by atoms with Gasteiger partial charge in [0.25, 0.3) is 0 Å². The van der Waals surface area contributed by atoms with Gasteiger partial charge in [-0.25, -0.2) is 4.98 Å². The smallest absolute Gasteiger partial charge is 0.128 e. The summed E-state index contributed by atoms with van der Waals surface area (Å²) in [5.74, 6) is 0.947. The van der Waals surface area contributed by atoms with Crippen molar-refractivity contribution < 1.29 is 9.47 Å². The van der Waals surface area contributed by atoms with E-state index in [0.29, 0.717) is 13.2 Å². The molecular weight excluding hydrogens is 242 g/mol. The van der Waals surface area contributed by atoms with E-state index < -0.39 is 0 Å². The van der Waals surface area contributed by atoms with Gasteiger partial charge in [-0.3, -0.25) is 0 Å². The Labute approximate surface area is 115 Å². The van der Waals surface area contributed by atoms with Crippen molar-refractivity contribution in [2.24, 2.45) is 5.73 Å². The van der Waals surface area contributed by atoms with Gasteiger partial charge in [0.05, 0.1) is 13.2 Å². The highest BCUT2D eigenvalue weighted by Gasteiger charge is 2.08. The number of nitrogens with zero attached hydrogens (tertiary/aromatic N) is 2. The summed E-state index contributed by atoms with van der Waals surface area (Å²) < 4.78 is 10.2. The first kappa shape index (κ1) is 15.9. The zero-order valence-electron chi connectivity index (χ0n) is 12.1. The minimum absolute atomic E-state index is 0.158. The number of rotatable bonds is 9. The Balaban J connectivity index is 2.66. The van der Waals surface area contributed by atoms with Gasteiger partial charge < -0.3 is 20.1 Å². The Hall–Kier alpha value is -1.17. The predicted molar refractivity (Wildman–Crippen MR) is 77.6 cm³/mol. The van der Waals surface area contributed by atoms with Crippen LogP contribution in [0.15, 0.2) is 18.3 Å². The highest BCUT2D eigenvalue weighted by Crippen LogP contribution is 2.12. The van der Waals surface area contributed by atoms with Gasteiger partial charge in [-0.2, -0.15) is 0 Å². The third kappa shape index (κ3) is 6.00. The van der Waals surface area contributed by atoms with E-state index in [9.17, 15) is 0 Å². The lowest BCUT2D eigenvalue weighted by atomic mass is 10.1. The standard InChI is InChI=1S/C14H25N3O2/c1-12(15)10-13-4-5-14(16-11-13)17(6-8-18-2)7-9-19-3/h4-5,11-12H,6-10,15H2,1-3H3. The van der Waals surface area contributed by atoms with Crippen LogP contribution in [0.2, 0.25) is 0 Å². The van der Waals surface area contributed by atoms with Crippen molar-refractivity contribution >= 4 is 5.82 Å². The third-order valence-electron chi connectivity index (χ3n) is 2.82. The van der Waals surface area contributed by atoms with Gasteiger partial charge in [-0.05, 0) is 25.0 Å². The van der Waals surface area contributed by atoms with Crippen LogP contribution in [-0.2, 0) is 15.9 Å². The van der Waals surface area contributed by atoms with Crippen LogP contribution in [0.25, 0.3) is 0 Å². The Morgan fingerprint density at radius 3 is 2.26 bits per heavy atom. The predicted octanol–water partition coefficient (Wildman–Crippen LogP) is 1.07. The summed E-state index contributed by atoms with van der Waals surface area (Å²) in [4.78, 5) is 6.65. The van der Waals surface area contributed by atoms with Crippen LogP contribution in [0.5, 0.6) is 0 Å². The first-order valence-electron chi connectivity index (χ1n) is 6.60. The molecule has 0 radical (unpaired) electrons. The van der Waals surface area contributed by atoms with Gasteiger partial charge in [0, 0.05) is 39.5 Å². The molecule has 0 bridgehead atoms. The molecule has 0 saturated heterocycles. The van der Waals surface area contributed by atoms with Crippen LogP contribution < -0.4 is 10.6 Å². The van der Waals surface area contributed by atoms with Crippen molar-refractivity contribution in [1.29, 1.82) is 0 Å². The molecule has 1 heterocycles. The van der Waals surface area contributed by atoms with Gasteiger partial charge in [0.2, 0.25) is 0 Å². The topological polar surface area (TPSA) is 60.6 Å². The Kier molecular flexibility index (Phi) is 7.40. The zero-order valence-corrected chi connectivity index (χ0v) is 12.1. The molecule has 1 aromatic rings. The summed E-state index contributed by atoms with van der Waals surface area (Å²) in [7, 11) is 3.40. The van der Waals surface area contributed by atoms with Crippen molar-refractivity contribution in [2.45, 2.75) is 19.4 Å². The lowest BCUT2D eigenvalue weighted by Crippen LogP contribution is -2.31. The number of methoxy groups -OCH3 is 2. The minimum Gasteiger partial charge on any atom is -0.383 e. The van der Waals surface area contributed by atoms with Crippen LogP contribution >= 0.6 is 0 Å². The molecule has 1 atom stereocenters. The largest absolute Gasteiger partial charge is 0.383 e. The summed E-state index contributed by atoms with van der Waals surface area (Å²) in [6.45, 7) is 4.95. The molecule has 1 rings (SSSR count). The highest BCUT2D eigenvalue weighted by atomic mass is 16.5. The van der Waals surface area contributed by atoms with E-state index in [4.69, 9.17) is 15.2 Å². The fourth-order valence-corrected chi connectivity index (χ4v) is 1.84. The number of aromatic nitrogens is 1. The molecule has 108 valence electrons. The maximum atomic E-state index is 5.78. The van der Waals surface area contributed by atoms with Crippen LogP contribution in [0.1, 0.15) is 12.5 Å². The van der Waals surface area contributed by atoms with E-state index in [1.54, 1.807) is 14.2 Å². The number of nitrogens with two attached hydrogens (primary N) is 1. The molecule has 0 fully saturated rings. The molecule has 0 aliphatic heterocycles. The number of pyridine rings is 1. The van der Waals surface area contributed by atoms with Crippen LogP contribution in [0.3, 0.4) is 0 Å². The SMILES string of the molecule is COCCN(CCOC)c1ccc(CC(C)N)cn1. The van der Waals surface area contributed by atoms with E-state index in [0.717, 1.165) is 30.9 Å². The minimum atomic E-state index is 0.158. The van der Waals surface area contributed by atoms with Gasteiger partial charge in [0.15, 0.2) is 0 Å². The average Bonchev–Trinajstić information content (AvgIpc) is 2.39. The molecule has 5 nitrogen and oxygen atoms in total. The van der Waals surface area contributed by atoms with Crippen molar-refractivity contribution in [1.82, 2.24) is 4.98 Å². The molecule has 0 aliphatic rings. The Bertz CT molecular complexity index is 333. The van der Waals surface area contributed by atoms with Gasteiger partial charge >= 0.3 is 0 Å². The molecule has 0 amide bonds. The second-order valence-electron chi connectivity index (χ2n) is 4.68. The molecule has 19 heavy (non-hydrogen) atoms. The van der Waals surface area contributed by atoms with Crippen LogP contribution in [0, 0.1) is 0 Å². The Morgan fingerprint density at radius 1 is 1.21 bits per heavy atom. The molecule has 0 spiro atoms. The van der Waals surface area contributed by atoms with Crippen molar-refractivity contribution in [3.63, 3.8) is 0 Å². The maximum absolute atomic E-state index is 5.78. The normalized spacial score (nSPS) is 12.4. The summed E-state index contributed by atoms with van der Waals surface area (Å²) >= 11 is 0. The van der Waals surface area contributed by atoms with E-state index in [2.05, 4.69) is 16.0 Å². The lowest BCUT2D eigenvalue weighted by molar-refractivity contribution is 0.190. The second-order valence-corrected chi connectivity index (χ2v) is 4.68. The summed E-state index contributed by atoms with van der Waals surface area (Å²) in [6, 6.07) is 4.27. The van der Waals surface area contributed by atoms with E-state index in [1.807, 2.05) is 19.2 Å². The average molecular weight is 267 g/mol. The molecule has 1 aromatic heterocycles. The highest BCUT2D eigenvalue weighted by molar-refractivity contribution is 5.39. The number of hydrogen-bond acceptors (Lipinski definition) is 5. The first-order valence-corrected chi connectivity index (χ1v) is 6.60. The number of ether oxygens (including phenoxy) is 2. The first-order chi connectivity index (χ1) is 9.17. The molecule has 0 aliphatic carbocycles. The molecular formula is C14H25N3O2. The molecule has 0 saturated carbocycles. The molecule has 0 aromatic carbocycles. The quantitative estimate of drug-likeness (QED) is 0.725. The van der Waals surface area contributed by atoms with Crippen LogP contribution in [0.4, 0.5) is 5.82 Å². The van der Waals surface area contributed by atoms with Crippen molar-refractivity contribution in [3.05, 3.63) is 23.9 Å². The summed E-state index contributed by atoms with van der Waals surface area (Å²) in [5.41, 5.74) is 6.95. The maximum Gasteiger partial charge on any atom is 0.128 e. The van der Waals surface area contributed by atoms with E-state index in [1.165, 1.54) is 0 Å². The summed E-state index contributed by atoms with van der Waals surface area (Å²) in [6.07, 6.45) is 2.74. The molecule has 1 unspecified atom stereocenters. The second kappa shape index (κ2) is 8.85. The molecule has 2 N–H and O–H groups in total. The van der Waals surface area contributed by atoms with Crippen molar-refractivity contribution in [2.75, 3.05) is 45.4 Å². The van der Waals surface area contributed by atoms with Crippen LogP contribution in [-0.4, -0.2) is 51.5 Å². The van der Waals surface area contributed by atoms with Gasteiger partial charge in [-0.15, -0.1) is 0 Å². The third-order valence-corrected chi connectivity index (χ3v) is 2.82. The van der Waals surface area contributed by atoms with Gasteiger partial charge in [-0.1, -0.05) is 6.07 Å². The van der Waals surface area contributed by atoms with Crippen molar-refractivity contribution in [3.8, 4) is 0 Å². The fraction of sp³-hybridized carbons (Fsp3) is 0.643. The summed E-state index contributed by atoms with van der Waals surface area (Å²) in [5, 5.41) is 0. The number of anilines is 1. The van der Waals surface area contributed by atoms with E-state index in [-0.39, 0.29) is 6.04 Å². The van der Waals surface area contributed by atoms with E-state index >= 15 is 0 Å².